The summed E-state index contributed by atoms with van der Waals surface area (Å²) in [6, 6.07) is 20.1. The van der Waals surface area contributed by atoms with E-state index in [4.69, 9.17) is 11.6 Å². The number of carbonyl (C=O) groups excluding carboxylic acids is 3. The van der Waals surface area contributed by atoms with E-state index >= 15 is 0 Å². The highest BCUT2D eigenvalue weighted by molar-refractivity contribution is 6.25. The van der Waals surface area contributed by atoms with E-state index in [1.165, 1.54) is 12.1 Å². The van der Waals surface area contributed by atoms with E-state index in [0.29, 0.717) is 6.42 Å². The fourth-order valence-electron chi connectivity index (χ4n) is 4.03. The number of nitrogens with zero attached hydrogens (tertiary/aromatic N) is 1. The summed E-state index contributed by atoms with van der Waals surface area (Å²) < 4.78 is 0. The first-order chi connectivity index (χ1) is 15.5. The van der Waals surface area contributed by atoms with E-state index in [1.54, 1.807) is 6.92 Å². The quantitative estimate of drug-likeness (QED) is 0.310. The van der Waals surface area contributed by atoms with Crippen molar-refractivity contribution in [3.63, 3.8) is 0 Å². The van der Waals surface area contributed by atoms with Crippen molar-refractivity contribution in [3.05, 3.63) is 89.0 Å². The Balaban J connectivity index is 1.59. The maximum Gasteiger partial charge on any atom is 0.265 e. The predicted molar refractivity (Wildman–Crippen MR) is 123 cm³/mol. The van der Waals surface area contributed by atoms with Gasteiger partial charge in [0.2, 0.25) is 0 Å². The number of ketones is 1. The summed E-state index contributed by atoms with van der Waals surface area (Å²) in [6.07, 6.45) is 0.563. The molecule has 32 heavy (non-hydrogen) atoms. The van der Waals surface area contributed by atoms with Crippen molar-refractivity contribution in [1.82, 2.24) is 4.90 Å². The van der Waals surface area contributed by atoms with Gasteiger partial charge in [-0.1, -0.05) is 61.5 Å². The number of Topliss-reactive ketones (excluding diaryl/α,β-unsaturated/α-hetero) is 1. The Morgan fingerprint density at radius 3 is 2.22 bits per heavy atom. The van der Waals surface area contributed by atoms with Crippen LogP contribution in [0.2, 0.25) is 0 Å². The zero-order chi connectivity index (χ0) is 22.8. The van der Waals surface area contributed by atoms with Crippen LogP contribution in [0.1, 0.15) is 50.0 Å². The molecule has 0 unspecified atom stereocenters. The van der Waals surface area contributed by atoms with Crippen LogP contribution in [0.25, 0.3) is 11.1 Å². The minimum atomic E-state index is -0.625. The van der Waals surface area contributed by atoms with Crippen LogP contribution in [0.3, 0.4) is 0 Å². The molecule has 2 amide bonds. The Morgan fingerprint density at radius 2 is 1.59 bits per heavy atom. The number of alkyl halides is 1. The van der Waals surface area contributed by atoms with E-state index in [-0.39, 0.29) is 34.8 Å². The zero-order valence-corrected chi connectivity index (χ0v) is 18.3. The highest BCUT2D eigenvalue weighted by atomic mass is 35.5. The largest absolute Gasteiger partial charge is 0.506 e. The van der Waals surface area contributed by atoms with Gasteiger partial charge in [-0.3, -0.25) is 19.3 Å². The van der Waals surface area contributed by atoms with Gasteiger partial charge in [0, 0.05) is 12.3 Å². The maximum atomic E-state index is 13.1. The summed E-state index contributed by atoms with van der Waals surface area (Å²) in [7, 11) is 0. The zero-order valence-electron chi connectivity index (χ0n) is 17.5. The molecule has 162 valence electrons. The lowest BCUT2D eigenvalue weighted by atomic mass is 10.00. The number of rotatable bonds is 7. The number of hydrogen-bond donors (Lipinski definition) is 1. The van der Waals surface area contributed by atoms with E-state index in [2.05, 4.69) is 0 Å². The molecule has 1 aliphatic rings. The molecule has 0 saturated carbocycles. The summed E-state index contributed by atoms with van der Waals surface area (Å²) in [5.41, 5.74) is 3.11. The van der Waals surface area contributed by atoms with E-state index in [1.807, 2.05) is 54.6 Å². The topological polar surface area (TPSA) is 74.7 Å². The second kappa shape index (κ2) is 8.97. The van der Waals surface area contributed by atoms with Gasteiger partial charge < -0.3 is 5.11 Å². The van der Waals surface area contributed by atoms with Gasteiger partial charge in [0.05, 0.1) is 22.7 Å². The molecule has 3 aromatic carbocycles. The van der Waals surface area contributed by atoms with Crippen molar-refractivity contribution in [2.24, 2.45) is 0 Å². The number of fused-ring (bicyclic) bond motifs is 1. The number of phenols is 1. The lowest BCUT2D eigenvalue weighted by Crippen LogP contribution is -2.42. The molecule has 0 fully saturated rings. The fraction of sp³-hybridized carbons (Fsp3) is 0.192. The molecule has 0 saturated heterocycles. The van der Waals surface area contributed by atoms with E-state index in [9.17, 15) is 19.5 Å². The summed E-state index contributed by atoms with van der Waals surface area (Å²) in [5.74, 6) is -1.82. The summed E-state index contributed by atoms with van der Waals surface area (Å²) >= 11 is 6.18. The van der Waals surface area contributed by atoms with Crippen LogP contribution < -0.4 is 0 Å². The highest BCUT2D eigenvalue weighted by Crippen LogP contribution is 2.35. The van der Waals surface area contributed by atoms with Gasteiger partial charge >= 0.3 is 0 Å². The fourth-order valence-corrected chi connectivity index (χ4v) is 4.27. The number of amides is 2. The number of imide groups is 1. The van der Waals surface area contributed by atoms with Crippen molar-refractivity contribution in [1.29, 1.82) is 0 Å². The molecule has 6 heteroatoms. The van der Waals surface area contributed by atoms with Gasteiger partial charge in [0.25, 0.3) is 11.8 Å². The normalized spacial score (nSPS) is 13.9. The Hall–Kier alpha value is -3.44. The van der Waals surface area contributed by atoms with Crippen LogP contribution in [0, 0.1) is 0 Å². The van der Waals surface area contributed by atoms with Crippen LogP contribution in [0.15, 0.2) is 66.7 Å². The van der Waals surface area contributed by atoms with Crippen LogP contribution in [0.4, 0.5) is 0 Å². The molecule has 0 spiro atoms. The highest BCUT2D eigenvalue weighted by Gasteiger charge is 2.42. The minimum Gasteiger partial charge on any atom is -0.506 e. The molecule has 0 bridgehead atoms. The maximum absolute atomic E-state index is 13.1. The smallest absolute Gasteiger partial charge is 0.265 e. The monoisotopic (exact) mass is 447 g/mol. The Labute approximate surface area is 191 Å². The summed E-state index contributed by atoms with van der Waals surface area (Å²) in [5, 5.41) is 10.5. The molecule has 1 heterocycles. The molecule has 4 rings (SSSR count). The number of halogens is 1. The molecule has 0 aromatic heterocycles. The van der Waals surface area contributed by atoms with Crippen molar-refractivity contribution >= 4 is 29.2 Å². The Bertz CT molecular complexity index is 1190. The number of carbonyl (C=O) groups is 3. The second-order valence-corrected chi connectivity index (χ2v) is 8.03. The van der Waals surface area contributed by atoms with Crippen LogP contribution >= 0.6 is 11.6 Å². The van der Waals surface area contributed by atoms with Crippen molar-refractivity contribution in [2.45, 2.75) is 25.8 Å². The number of phenolic OH excluding ortho intramolecular Hbond substituents is 1. The SMILES string of the molecule is CCC(=O)c1ccc2c(c1O)C(=O)N([C@H](CCl)Cc1ccc(-c3ccccc3)cc1)C2=O. The minimum absolute atomic E-state index is 0.0490. The van der Waals surface area contributed by atoms with Gasteiger partial charge in [-0.05, 0) is 35.2 Å². The Morgan fingerprint density at radius 1 is 0.938 bits per heavy atom. The number of benzene rings is 3. The first-order valence-electron chi connectivity index (χ1n) is 10.4. The van der Waals surface area contributed by atoms with Crippen molar-refractivity contribution < 1.29 is 19.5 Å². The molecular weight excluding hydrogens is 426 g/mol. The summed E-state index contributed by atoms with van der Waals surface area (Å²) in [4.78, 5) is 39.3. The lowest BCUT2D eigenvalue weighted by Gasteiger charge is -2.24. The molecule has 1 N–H and O–H groups in total. The average Bonchev–Trinajstić information content (AvgIpc) is 3.08. The first-order valence-corrected chi connectivity index (χ1v) is 11.0. The lowest BCUT2D eigenvalue weighted by molar-refractivity contribution is 0.0598. The molecule has 1 aliphatic heterocycles. The van der Waals surface area contributed by atoms with Crippen LogP contribution in [0.5, 0.6) is 5.75 Å². The second-order valence-electron chi connectivity index (χ2n) is 7.72. The van der Waals surface area contributed by atoms with Crippen molar-refractivity contribution in [3.8, 4) is 16.9 Å². The average molecular weight is 448 g/mol. The molecule has 3 aromatic rings. The van der Waals surface area contributed by atoms with Gasteiger partial charge in [-0.25, -0.2) is 0 Å². The standard InChI is InChI=1S/C26H22ClNO4/c1-2-22(29)20-12-13-21-23(24(20)30)26(32)28(25(21)31)19(15-27)14-16-8-10-18(11-9-16)17-6-4-3-5-7-17/h3-13,19,30H,2,14-15H2,1H3/t19-/m0/s1. The summed E-state index contributed by atoms with van der Waals surface area (Å²) in [6.45, 7) is 1.67. The third kappa shape index (κ3) is 3.80. The van der Waals surface area contributed by atoms with Crippen LogP contribution in [-0.4, -0.2) is 39.5 Å². The third-order valence-electron chi connectivity index (χ3n) is 5.76. The predicted octanol–water partition coefficient (Wildman–Crippen LogP) is 5.10. The molecule has 1 atom stereocenters. The van der Waals surface area contributed by atoms with Gasteiger partial charge in [0.15, 0.2) is 5.78 Å². The van der Waals surface area contributed by atoms with E-state index in [0.717, 1.165) is 21.6 Å². The van der Waals surface area contributed by atoms with Crippen molar-refractivity contribution in [2.75, 3.05) is 5.88 Å². The molecule has 5 nitrogen and oxygen atoms in total. The Kier molecular flexibility index (Phi) is 6.10. The van der Waals surface area contributed by atoms with Gasteiger partial charge in [-0.2, -0.15) is 0 Å². The van der Waals surface area contributed by atoms with Crippen LogP contribution in [-0.2, 0) is 6.42 Å². The molecule has 0 radical (unpaired) electrons. The van der Waals surface area contributed by atoms with Gasteiger partial charge in [0.1, 0.15) is 5.75 Å². The van der Waals surface area contributed by atoms with Gasteiger partial charge in [-0.15, -0.1) is 11.6 Å². The van der Waals surface area contributed by atoms with E-state index < -0.39 is 23.6 Å². The number of aromatic hydroxyl groups is 1. The molecular formula is C26H22ClNO4. The number of hydrogen-bond acceptors (Lipinski definition) is 4. The first kappa shape index (κ1) is 21.8. The molecule has 0 aliphatic carbocycles. The third-order valence-corrected chi connectivity index (χ3v) is 6.11.